The third kappa shape index (κ3) is 2.63. The number of hydrazine groups is 1. The van der Waals surface area contributed by atoms with E-state index >= 15 is 0 Å². The summed E-state index contributed by atoms with van der Waals surface area (Å²) >= 11 is 0. The van der Waals surface area contributed by atoms with Crippen molar-refractivity contribution in [3.63, 3.8) is 0 Å². The normalized spacial score (nSPS) is 9.89. The smallest absolute Gasteiger partial charge is 0.267 e. The molecular formula is C13H10F2N2O. The number of benzene rings is 2. The summed E-state index contributed by atoms with van der Waals surface area (Å²) in [6.07, 6.45) is 0. The van der Waals surface area contributed by atoms with Gasteiger partial charge in [-0.25, -0.2) is 9.82 Å². The predicted octanol–water partition coefficient (Wildman–Crippen LogP) is 2.86. The molecule has 0 aromatic heterocycles. The Morgan fingerprint density at radius 1 is 1.00 bits per heavy atom. The summed E-state index contributed by atoms with van der Waals surface area (Å²) in [6, 6.07) is 13.3. The molecule has 1 amide bonds. The van der Waals surface area contributed by atoms with E-state index in [1.54, 1.807) is 18.2 Å². The van der Waals surface area contributed by atoms with Gasteiger partial charge in [0.25, 0.3) is 5.91 Å². The number of halogens is 2. The van der Waals surface area contributed by atoms with Crippen molar-refractivity contribution in [3.8, 4) is 0 Å². The molecule has 0 aliphatic carbocycles. The Balaban J connectivity index is 2.11. The summed E-state index contributed by atoms with van der Waals surface area (Å²) in [5.41, 5.74) is 1.88. The number of hydrogen-bond acceptors (Lipinski definition) is 2. The van der Waals surface area contributed by atoms with Gasteiger partial charge in [-0.2, -0.15) is 0 Å². The first-order valence-corrected chi connectivity index (χ1v) is 5.25. The number of amides is 1. The molecule has 0 saturated carbocycles. The molecule has 2 aromatic carbocycles. The summed E-state index contributed by atoms with van der Waals surface area (Å²) < 4.78 is 26.9. The number of anilines is 1. The SMILES string of the molecule is O=C(NN(F)c1ccccc1)c1ccccc1F. The van der Waals surface area contributed by atoms with Crippen LogP contribution in [0.3, 0.4) is 0 Å². The molecule has 0 bridgehead atoms. The molecule has 0 saturated heterocycles. The minimum Gasteiger partial charge on any atom is -0.267 e. The van der Waals surface area contributed by atoms with Gasteiger partial charge in [0.1, 0.15) is 5.82 Å². The highest BCUT2D eigenvalue weighted by molar-refractivity contribution is 5.95. The van der Waals surface area contributed by atoms with Gasteiger partial charge in [-0.3, -0.25) is 4.79 Å². The molecule has 3 nitrogen and oxygen atoms in total. The largest absolute Gasteiger partial charge is 0.274 e. The maximum atomic E-state index is 13.6. The minimum absolute atomic E-state index is 0.0504. The molecule has 0 atom stereocenters. The lowest BCUT2D eigenvalue weighted by molar-refractivity contribution is 0.0920. The van der Waals surface area contributed by atoms with E-state index in [2.05, 4.69) is 0 Å². The Bertz CT molecular complexity index is 546. The summed E-state index contributed by atoms with van der Waals surface area (Å²) in [6.45, 7) is 0. The van der Waals surface area contributed by atoms with Crippen molar-refractivity contribution >= 4 is 11.6 Å². The molecule has 0 aliphatic heterocycles. The van der Waals surface area contributed by atoms with Crippen LogP contribution in [0.4, 0.5) is 14.6 Å². The number of carbonyl (C=O) groups is 1. The summed E-state index contributed by atoms with van der Waals surface area (Å²) in [5, 5.41) is 0.0504. The molecule has 0 radical (unpaired) electrons. The fourth-order valence-electron chi connectivity index (χ4n) is 1.42. The van der Waals surface area contributed by atoms with Gasteiger partial charge in [-0.05, 0) is 24.3 Å². The van der Waals surface area contributed by atoms with Gasteiger partial charge in [0.15, 0.2) is 0 Å². The molecule has 2 aromatic rings. The fourth-order valence-corrected chi connectivity index (χ4v) is 1.42. The molecule has 0 fully saturated rings. The Morgan fingerprint density at radius 2 is 1.61 bits per heavy atom. The van der Waals surface area contributed by atoms with Crippen LogP contribution in [0.5, 0.6) is 0 Å². The van der Waals surface area contributed by atoms with Crippen LogP contribution < -0.4 is 10.7 Å². The summed E-state index contributed by atoms with van der Waals surface area (Å²) in [5.74, 6) is -1.55. The van der Waals surface area contributed by atoms with E-state index in [0.29, 0.717) is 0 Å². The zero-order chi connectivity index (χ0) is 13.0. The lowest BCUT2D eigenvalue weighted by atomic mass is 10.2. The quantitative estimate of drug-likeness (QED) is 0.669. The summed E-state index contributed by atoms with van der Waals surface area (Å²) in [4.78, 5) is 11.6. The highest BCUT2D eigenvalue weighted by atomic mass is 19.2. The van der Waals surface area contributed by atoms with Crippen LogP contribution in [0.1, 0.15) is 10.4 Å². The molecule has 0 unspecified atom stereocenters. The van der Waals surface area contributed by atoms with E-state index in [0.717, 1.165) is 6.07 Å². The first kappa shape index (κ1) is 12.0. The fraction of sp³-hybridized carbons (Fsp3) is 0. The van der Waals surface area contributed by atoms with Crippen molar-refractivity contribution in [2.75, 3.05) is 5.23 Å². The second-order valence-electron chi connectivity index (χ2n) is 3.54. The van der Waals surface area contributed by atoms with Crippen LogP contribution in [0.25, 0.3) is 0 Å². The topological polar surface area (TPSA) is 32.3 Å². The maximum absolute atomic E-state index is 13.6. The van der Waals surface area contributed by atoms with Crippen LogP contribution in [0.15, 0.2) is 54.6 Å². The Kier molecular flexibility index (Phi) is 3.52. The summed E-state index contributed by atoms with van der Waals surface area (Å²) in [7, 11) is 0. The van der Waals surface area contributed by atoms with Crippen LogP contribution in [0.2, 0.25) is 0 Å². The highest BCUT2D eigenvalue weighted by Gasteiger charge is 2.14. The van der Waals surface area contributed by atoms with E-state index in [1.807, 2.05) is 5.43 Å². The third-order valence-corrected chi connectivity index (χ3v) is 2.30. The lowest BCUT2D eigenvalue weighted by Gasteiger charge is -2.14. The average molecular weight is 248 g/mol. The third-order valence-electron chi connectivity index (χ3n) is 2.30. The van der Waals surface area contributed by atoms with Crippen LogP contribution >= 0.6 is 0 Å². The molecule has 92 valence electrons. The molecule has 5 heteroatoms. The Labute approximate surface area is 103 Å². The van der Waals surface area contributed by atoms with E-state index in [9.17, 15) is 13.7 Å². The first-order chi connectivity index (χ1) is 8.68. The van der Waals surface area contributed by atoms with E-state index < -0.39 is 11.7 Å². The van der Waals surface area contributed by atoms with Gasteiger partial charge in [-0.1, -0.05) is 34.8 Å². The Morgan fingerprint density at radius 3 is 2.28 bits per heavy atom. The number of carbonyl (C=O) groups excluding carboxylic acids is 1. The average Bonchev–Trinajstić information content (AvgIpc) is 2.40. The van der Waals surface area contributed by atoms with Crippen LogP contribution in [-0.4, -0.2) is 5.91 Å². The number of nitrogens with one attached hydrogen (secondary N) is 1. The van der Waals surface area contributed by atoms with Crippen LogP contribution in [-0.2, 0) is 0 Å². The van der Waals surface area contributed by atoms with Crippen LogP contribution in [0, 0.1) is 5.82 Å². The van der Waals surface area contributed by atoms with Gasteiger partial charge in [0, 0.05) is 0 Å². The van der Waals surface area contributed by atoms with Gasteiger partial charge in [0.2, 0.25) is 0 Å². The second-order valence-corrected chi connectivity index (χ2v) is 3.54. The van der Waals surface area contributed by atoms with Crippen molar-refractivity contribution in [3.05, 3.63) is 66.0 Å². The number of hydrogen-bond donors (Lipinski definition) is 1. The minimum atomic E-state index is -0.848. The number of nitrogens with zero attached hydrogens (tertiary/aromatic N) is 1. The predicted molar refractivity (Wildman–Crippen MR) is 63.9 cm³/mol. The second kappa shape index (κ2) is 5.27. The van der Waals surface area contributed by atoms with E-state index in [-0.39, 0.29) is 16.5 Å². The lowest BCUT2D eigenvalue weighted by Crippen LogP contribution is -2.36. The van der Waals surface area contributed by atoms with Gasteiger partial charge < -0.3 is 0 Å². The van der Waals surface area contributed by atoms with Crippen molar-refractivity contribution in [1.82, 2.24) is 5.43 Å². The monoisotopic (exact) mass is 248 g/mol. The molecule has 0 aliphatic rings. The van der Waals surface area contributed by atoms with E-state index in [4.69, 9.17) is 0 Å². The van der Waals surface area contributed by atoms with Crippen molar-refractivity contribution in [2.24, 2.45) is 0 Å². The molecule has 0 heterocycles. The number of rotatable bonds is 3. The Hall–Kier alpha value is -2.43. The van der Waals surface area contributed by atoms with Crippen molar-refractivity contribution in [2.45, 2.75) is 0 Å². The van der Waals surface area contributed by atoms with Gasteiger partial charge >= 0.3 is 0 Å². The zero-order valence-corrected chi connectivity index (χ0v) is 9.31. The van der Waals surface area contributed by atoms with Crippen molar-refractivity contribution < 1.29 is 13.7 Å². The number of para-hydroxylation sites is 1. The van der Waals surface area contributed by atoms with Gasteiger partial charge in [-0.15, -0.1) is 5.23 Å². The molecule has 2 rings (SSSR count). The first-order valence-electron chi connectivity index (χ1n) is 5.25. The molecule has 18 heavy (non-hydrogen) atoms. The van der Waals surface area contributed by atoms with Crippen molar-refractivity contribution in [1.29, 1.82) is 0 Å². The maximum Gasteiger partial charge on any atom is 0.274 e. The van der Waals surface area contributed by atoms with E-state index in [1.165, 1.54) is 30.3 Å². The molecule has 0 spiro atoms. The van der Waals surface area contributed by atoms with Gasteiger partial charge in [0.05, 0.1) is 11.3 Å². The molecule has 1 N–H and O–H groups in total. The standard InChI is InChI=1S/C13H10F2N2O/c14-12-9-5-4-8-11(12)13(18)16-17(15)10-6-2-1-3-7-10/h1-9H,(H,16,18). The zero-order valence-electron chi connectivity index (χ0n) is 9.31. The molecular weight excluding hydrogens is 238 g/mol. The highest BCUT2D eigenvalue weighted by Crippen LogP contribution is 2.12.